The van der Waals surface area contributed by atoms with E-state index in [1.54, 1.807) is 11.3 Å². The van der Waals surface area contributed by atoms with Crippen molar-refractivity contribution in [2.45, 2.75) is 18.7 Å². The quantitative estimate of drug-likeness (QED) is 0.609. The molecule has 1 unspecified atom stereocenters. The van der Waals surface area contributed by atoms with Crippen molar-refractivity contribution < 1.29 is 4.74 Å². The van der Waals surface area contributed by atoms with Gasteiger partial charge < -0.3 is 4.74 Å². The molecule has 1 atom stereocenters. The Labute approximate surface area is 128 Å². The molecule has 0 saturated heterocycles. The smallest absolute Gasteiger partial charge is 0.133 e. The van der Waals surface area contributed by atoms with Gasteiger partial charge in [0.1, 0.15) is 5.75 Å². The van der Waals surface area contributed by atoms with Crippen LogP contribution in [0.2, 0.25) is 0 Å². The molecule has 0 aliphatic rings. The van der Waals surface area contributed by atoms with Gasteiger partial charge in [-0.05, 0) is 64.5 Å². The first-order valence-electron chi connectivity index (χ1n) is 5.73. The standard InChI is InChI=1S/C14H14Br2OS/c1-3-17-12-5-4-10(8-11(12)15)13(16)14-9(2)6-7-18-14/h4-8,13H,3H2,1-2H3. The van der Waals surface area contributed by atoms with E-state index in [-0.39, 0.29) is 4.83 Å². The van der Waals surface area contributed by atoms with Crippen molar-refractivity contribution in [3.05, 3.63) is 50.1 Å². The lowest BCUT2D eigenvalue weighted by Crippen LogP contribution is -1.95. The summed E-state index contributed by atoms with van der Waals surface area (Å²) in [6, 6.07) is 8.38. The summed E-state index contributed by atoms with van der Waals surface area (Å²) in [6.07, 6.45) is 0. The van der Waals surface area contributed by atoms with Crippen molar-refractivity contribution in [3.63, 3.8) is 0 Å². The summed E-state index contributed by atoms with van der Waals surface area (Å²) in [5.41, 5.74) is 2.56. The van der Waals surface area contributed by atoms with E-state index in [9.17, 15) is 0 Å². The van der Waals surface area contributed by atoms with E-state index in [2.05, 4.69) is 62.4 Å². The summed E-state index contributed by atoms with van der Waals surface area (Å²) in [5, 5.41) is 2.13. The molecule has 1 aromatic carbocycles. The fourth-order valence-electron chi connectivity index (χ4n) is 1.74. The first kappa shape index (κ1) is 14.1. The Bertz CT molecular complexity index is 536. The SMILES string of the molecule is CCOc1ccc(C(Br)c2sccc2C)cc1Br. The Hall–Kier alpha value is -0.320. The molecule has 0 aliphatic carbocycles. The topological polar surface area (TPSA) is 9.23 Å². The van der Waals surface area contributed by atoms with E-state index in [1.165, 1.54) is 16.0 Å². The van der Waals surface area contributed by atoms with Crippen molar-refractivity contribution in [2.24, 2.45) is 0 Å². The highest BCUT2D eigenvalue weighted by atomic mass is 79.9. The highest BCUT2D eigenvalue weighted by Crippen LogP contribution is 2.38. The minimum Gasteiger partial charge on any atom is -0.493 e. The molecule has 18 heavy (non-hydrogen) atoms. The van der Waals surface area contributed by atoms with Gasteiger partial charge in [-0.2, -0.15) is 0 Å². The number of alkyl halides is 1. The first-order valence-corrected chi connectivity index (χ1v) is 8.32. The van der Waals surface area contributed by atoms with Crippen LogP contribution >= 0.6 is 43.2 Å². The fraction of sp³-hybridized carbons (Fsp3) is 0.286. The minimum absolute atomic E-state index is 0.240. The highest BCUT2D eigenvalue weighted by Gasteiger charge is 2.15. The Morgan fingerprint density at radius 3 is 2.67 bits per heavy atom. The molecule has 0 radical (unpaired) electrons. The van der Waals surface area contributed by atoms with Gasteiger partial charge in [0.25, 0.3) is 0 Å². The van der Waals surface area contributed by atoms with Crippen LogP contribution in [0.1, 0.15) is 27.8 Å². The van der Waals surface area contributed by atoms with Crippen molar-refractivity contribution in [1.82, 2.24) is 0 Å². The van der Waals surface area contributed by atoms with Crippen LogP contribution in [-0.4, -0.2) is 6.61 Å². The van der Waals surface area contributed by atoms with E-state index in [1.807, 2.05) is 13.0 Å². The molecule has 0 aliphatic heterocycles. The molecule has 2 aromatic rings. The average Bonchev–Trinajstić information content (AvgIpc) is 2.77. The summed E-state index contributed by atoms with van der Waals surface area (Å²) >= 11 is 9.11. The number of aryl methyl sites for hydroxylation is 1. The molecule has 2 rings (SSSR count). The molecule has 0 fully saturated rings. The number of thiophene rings is 1. The molecule has 4 heteroatoms. The number of benzene rings is 1. The van der Waals surface area contributed by atoms with Gasteiger partial charge in [-0.15, -0.1) is 11.3 Å². The van der Waals surface area contributed by atoms with Crippen LogP contribution in [0.3, 0.4) is 0 Å². The Morgan fingerprint density at radius 1 is 1.33 bits per heavy atom. The van der Waals surface area contributed by atoms with E-state index in [0.717, 1.165) is 10.2 Å². The Balaban J connectivity index is 2.29. The first-order chi connectivity index (χ1) is 8.63. The van der Waals surface area contributed by atoms with E-state index in [4.69, 9.17) is 4.74 Å². The fourth-order valence-corrected chi connectivity index (χ4v) is 4.15. The summed E-state index contributed by atoms with van der Waals surface area (Å²) in [7, 11) is 0. The van der Waals surface area contributed by atoms with Crippen LogP contribution in [0, 0.1) is 6.92 Å². The van der Waals surface area contributed by atoms with Gasteiger partial charge in [0.2, 0.25) is 0 Å². The molecule has 1 nitrogen and oxygen atoms in total. The maximum absolute atomic E-state index is 5.53. The van der Waals surface area contributed by atoms with E-state index in [0.29, 0.717) is 6.61 Å². The van der Waals surface area contributed by atoms with Crippen molar-refractivity contribution in [1.29, 1.82) is 0 Å². The van der Waals surface area contributed by atoms with Gasteiger partial charge in [0.05, 0.1) is 15.9 Å². The van der Waals surface area contributed by atoms with Gasteiger partial charge in [-0.25, -0.2) is 0 Å². The molecule has 0 bridgehead atoms. The zero-order valence-electron chi connectivity index (χ0n) is 10.2. The van der Waals surface area contributed by atoms with Crippen LogP contribution in [0.15, 0.2) is 34.1 Å². The second-order valence-corrected chi connectivity index (χ2v) is 6.67. The lowest BCUT2D eigenvalue weighted by molar-refractivity contribution is 0.338. The highest BCUT2D eigenvalue weighted by molar-refractivity contribution is 9.10. The summed E-state index contributed by atoms with van der Waals surface area (Å²) < 4.78 is 6.53. The molecule has 0 saturated carbocycles. The third-order valence-electron chi connectivity index (χ3n) is 2.68. The molecule has 1 aromatic heterocycles. The van der Waals surface area contributed by atoms with Crippen LogP contribution < -0.4 is 4.74 Å². The van der Waals surface area contributed by atoms with Gasteiger partial charge in [-0.1, -0.05) is 22.0 Å². The van der Waals surface area contributed by atoms with Crippen LogP contribution in [0.25, 0.3) is 0 Å². The lowest BCUT2D eigenvalue weighted by atomic mass is 10.1. The number of ether oxygens (including phenoxy) is 1. The van der Waals surface area contributed by atoms with Gasteiger partial charge >= 0.3 is 0 Å². The third kappa shape index (κ3) is 2.98. The third-order valence-corrected chi connectivity index (χ3v) is 5.67. The van der Waals surface area contributed by atoms with E-state index < -0.39 is 0 Å². The van der Waals surface area contributed by atoms with Crippen LogP contribution in [0.5, 0.6) is 5.75 Å². The molecular weight excluding hydrogens is 376 g/mol. The van der Waals surface area contributed by atoms with Crippen molar-refractivity contribution in [3.8, 4) is 5.75 Å². The van der Waals surface area contributed by atoms with Crippen molar-refractivity contribution >= 4 is 43.2 Å². The number of hydrogen-bond donors (Lipinski definition) is 0. The van der Waals surface area contributed by atoms with Gasteiger partial charge in [0.15, 0.2) is 0 Å². The second-order valence-electron chi connectivity index (χ2n) is 3.95. The number of hydrogen-bond acceptors (Lipinski definition) is 2. The monoisotopic (exact) mass is 388 g/mol. The molecule has 0 spiro atoms. The maximum atomic E-state index is 5.53. The normalized spacial score (nSPS) is 12.4. The number of halogens is 2. The molecular formula is C14H14Br2OS. The summed E-state index contributed by atoms with van der Waals surface area (Å²) in [6.45, 7) is 4.81. The van der Waals surface area contributed by atoms with Crippen LogP contribution in [0.4, 0.5) is 0 Å². The molecule has 0 N–H and O–H groups in total. The molecule has 0 amide bonds. The average molecular weight is 390 g/mol. The largest absolute Gasteiger partial charge is 0.493 e. The molecule has 96 valence electrons. The van der Waals surface area contributed by atoms with Crippen molar-refractivity contribution in [2.75, 3.05) is 6.61 Å². The Kier molecular flexibility index (Phi) is 4.87. The summed E-state index contributed by atoms with van der Waals surface area (Å²) in [4.78, 5) is 1.59. The Morgan fingerprint density at radius 2 is 2.11 bits per heavy atom. The predicted molar refractivity (Wildman–Crippen MR) is 85.1 cm³/mol. The lowest BCUT2D eigenvalue weighted by Gasteiger charge is -2.12. The van der Waals surface area contributed by atoms with Crippen LogP contribution in [-0.2, 0) is 0 Å². The van der Waals surface area contributed by atoms with E-state index >= 15 is 0 Å². The zero-order chi connectivity index (χ0) is 13.1. The zero-order valence-corrected chi connectivity index (χ0v) is 14.2. The summed E-state index contributed by atoms with van der Waals surface area (Å²) in [5.74, 6) is 0.892. The maximum Gasteiger partial charge on any atom is 0.133 e. The van der Waals surface area contributed by atoms with Gasteiger partial charge in [-0.3, -0.25) is 0 Å². The molecule has 1 heterocycles. The second kappa shape index (κ2) is 6.22. The minimum atomic E-state index is 0.240. The predicted octanol–water partition coefficient (Wildman–Crippen LogP) is 5.70. The number of rotatable bonds is 4. The van der Waals surface area contributed by atoms with Gasteiger partial charge in [0, 0.05) is 4.88 Å².